The average Bonchev–Trinajstić information content (AvgIpc) is 2.37. The zero-order valence-electron chi connectivity index (χ0n) is 9.86. The minimum absolute atomic E-state index is 0.400. The van der Waals surface area contributed by atoms with Crippen molar-refractivity contribution in [3.63, 3.8) is 0 Å². The number of benzene rings is 1. The minimum Gasteiger partial charge on any atom is -0.465 e. The van der Waals surface area contributed by atoms with Crippen LogP contribution in [0.25, 0.3) is 0 Å². The van der Waals surface area contributed by atoms with Gasteiger partial charge in [-0.25, -0.2) is 9.59 Å². The van der Waals surface area contributed by atoms with E-state index in [0.717, 1.165) is 0 Å². The lowest BCUT2D eigenvalue weighted by molar-refractivity contribution is 0.0585. The van der Waals surface area contributed by atoms with Gasteiger partial charge in [0, 0.05) is 0 Å². The minimum atomic E-state index is -0.438. The second-order valence-corrected chi connectivity index (χ2v) is 3.35. The summed E-state index contributed by atoms with van der Waals surface area (Å²) >= 11 is 0. The lowest BCUT2D eigenvalue weighted by atomic mass is 10.0. The van der Waals surface area contributed by atoms with Crippen molar-refractivity contribution in [3.8, 4) is 0 Å². The van der Waals surface area contributed by atoms with Crippen molar-refractivity contribution in [3.05, 3.63) is 47.5 Å². The summed E-state index contributed by atoms with van der Waals surface area (Å²) in [7, 11) is 2.62. The fraction of sp³-hybridized carbons (Fsp3) is 0.231. The first-order valence-corrected chi connectivity index (χ1v) is 5.04. The van der Waals surface area contributed by atoms with Crippen LogP contribution >= 0.6 is 0 Å². The van der Waals surface area contributed by atoms with Crippen LogP contribution in [0.1, 0.15) is 26.3 Å². The zero-order chi connectivity index (χ0) is 12.8. The smallest absolute Gasteiger partial charge is 0.338 e. The van der Waals surface area contributed by atoms with Gasteiger partial charge in [0.2, 0.25) is 0 Å². The van der Waals surface area contributed by atoms with E-state index in [-0.39, 0.29) is 0 Å². The lowest BCUT2D eigenvalue weighted by Gasteiger charge is -2.08. The molecule has 0 unspecified atom stereocenters. The van der Waals surface area contributed by atoms with Crippen molar-refractivity contribution in [1.29, 1.82) is 0 Å². The summed E-state index contributed by atoms with van der Waals surface area (Å²) in [6.45, 7) is 3.61. The summed E-state index contributed by atoms with van der Waals surface area (Å²) in [5, 5.41) is 0. The summed E-state index contributed by atoms with van der Waals surface area (Å²) in [6.07, 6.45) is 2.14. The third-order valence-corrected chi connectivity index (χ3v) is 2.30. The first kappa shape index (κ1) is 13.0. The Bertz CT molecular complexity index is 449. The van der Waals surface area contributed by atoms with Gasteiger partial charge in [0.15, 0.2) is 0 Å². The molecule has 0 aliphatic rings. The third-order valence-electron chi connectivity index (χ3n) is 2.30. The zero-order valence-corrected chi connectivity index (χ0v) is 9.86. The molecule has 0 spiro atoms. The second-order valence-electron chi connectivity index (χ2n) is 3.35. The maximum absolute atomic E-state index is 11.5. The van der Waals surface area contributed by atoms with E-state index in [0.29, 0.717) is 23.1 Å². The molecule has 0 saturated carbocycles. The quantitative estimate of drug-likeness (QED) is 0.590. The molecule has 0 amide bonds. The van der Waals surface area contributed by atoms with Crippen molar-refractivity contribution in [2.24, 2.45) is 0 Å². The summed E-state index contributed by atoms with van der Waals surface area (Å²) in [6, 6.07) is 4.70. The summed E-state index contributed by atoms with van der Waals surface area (Å²) in [5.74, 6) is -0.870. The molecule has 0 bridgehead atoms. The van der Waals surface area contributed by atoms with Crippen LogP contribution < -0.4 is 0 Å². The Labute approximate surface area is 99.8 Å². The molecule has 0 aliphatic carbocycles. The van der Waals surface area contributed by atoms with E-state index in [1.54, 1.807) is 18.2 Å². The number of esters is 2. The van der Waals surface area contributed by atoms with E-state index in [1.807, 2.05) is 0 Å². The SMILES string of the molecule is C=CCc1cc(C(=O)OC)ccc1C(=O)OC. The summed E-state index contributed by atoms with van der Waals surface area (Å²) in [5.41, 5.74) is 1.52. The van der Waals surface area contributed by atoms with Gasteiger partial charge >= 0.3 is 11.9 Å². The van der Waals surface area contributed by atoms with Gasteiger partial charge in [0.1, 0.15) is 0 Å². The molecular weight excluding hydrogens is 220 g/mol. The molecule has 0 fully saturated rings. The third kappa shape index (κ3) is 2.93. The monoisotopic (exact) mass is 234 g/mol. The molecule has 17 heavy (non-hydrogen) atoms. The molecule has 0 aliphatic heterocycles. The van der Waals surface area contributed by atoms with Gasteiger partial charge in [-0.05, 0) is 30.2 Å². The van der Waals surface area contributed by atoms with E-state index in [4.69, 9.17) is 0 Å². The van der Waals surface area contributed by atoms with Gasteiger partial charge in [-0.1, -0.05) is 6.08 Å². The molecular formula is C13H14O4. The highest BCUT2D eigenvalue weighted by atomic mass is 16.5. The number of rotatable bonds is 4. The van der Waals surface area contributed by atoms with E-state index in [9.17, 15) is 9.59 Å². The van der Waals surface area contributed by atoms with Crippen molar-refractivity contribution in [2.75, 3.05) is 14.2 Å². The predicted molar refractivity (Wildman–Crippen MR) is 63.0 cm³/mol. The first-order chi connectivity index (χ1) is 8.13. The molecule has 0 aromatic heterocycles. The largest absolute Gasteiger partial charge is 0.465 e. The topological polar surface area (TPSA) is 52.6 Å². The number of carbonyl (C=O) groups is 2. The van der Waals surface area contributed by atoms with Gasteiger partial charge in [0.05, 0.1) is 25.3 Å². The number of hydrogen-bond acceptors (Lipinski definition) is 4. The molecule has 0 atom stereocenters. The van der Waals surface area contributed by atoms with E-state index in [2.05, 4.69) is 16.1 Å². The van der Waals surface area contributed by atoms with Crippen LogP contribution in [0.3, 0.4) is 0 Å². The second kappa shape index (κ2) is 5.84. The van der Waals surface area contributed by atoms with Crippen LogP contribution in [0.2, 0.25) is 0 Å². The molecule has 0 heterocycles. The Hall–Kier alpha value is -2.10. The Balaban J connectivity index is 3.20. The summed E-state index contributed by atoms with van der Waals surface area (Å²) in [4.78, 5) is 22.8. The van der Waals surface area contributed by atoms with Crippen molar-refractivity contribution < 1.29 is 19.1 Å². The molecule has 1 aromatic rings. The first-order valence-electron chi connectivity index (χ1n) is 5.04. The fourth-order valence-corrected chi connectivity index (χ4v) is 1.47. The van der Waals surface area contributed by atoms with Gasteiger partial charge in [-0.15, -0.1) is 6.58 Å². The van der Waals surface area contributed by atoms with Crippen molar-refractivity contribution >= 4 is 11.9 Å². The molecule has 0 saturated heterocycles. The maximum atomic E-state index is 11.5. The fourth-order valence-electron chi connectivity index (χ4n) is 1.47. The number of carbonyl (C=O) groups excluding carboxylic acids is 2. The molecule has 1 rings (SSSR count). The van der Waals surface area contributed by atoms with Crippen LogP contribution in [0.15, 0.2) is 30.9 Å². The van der Waals surface area contributed by atoms with Crippen LogP contribution in [-0.2, 0) is 15.9 Å². The summed E-state index contributed by atoms with van der Waals surface area (Å²) < 4.78 is 9.28. The van der Waals surface area contributed by atoms with Gasteiger partial charge in [-0.2, -0.15) is 0 Å². The lowest BCUT2D eigenvalue weighted by Crippen LogP contribution is -2.08. The highest BCUT2D eigenvalue weighted by Gasteiger charge is 2.14. The molecule has 0 N–H and O–H groups in total. The number of allylic oxidation sites excluding steroid dienone is 1. The Morgan fingerprint density at radius 1 is 1.24 bits per heavy atom. The molecule has 90 valence electrons. The maximum Gasteiger partial charge on any atom is 0.338 e. The number of methoxy groups -OCH3 is 2. The van der Waals surface area contributed by atoms with Crippen LogP contribution in [-0.4, -0.2) is 26.2 Å². The van der Waals surface area contributed by atoms with Crippen LogP contribution in [0.5, 0.6) is 0 Å². The molecule has 4 heteroatoms. The Morgan fingerprint density at radius 2 is 1.88 bits per heavy atom. The van der Waals surface area contributed by atoms with E-state index in [1.165, 1.54) is 20.3 Å². The number of hydrogen-bond donors (Lipinski definition) is 0. The standard InChI is InChI=1S/C13H14O4/c1-4-5-9-8-10(12(14)16-2)6-7-11(9)13(15)17-3/h4,6-8H,1,5H2,2-3H3. The van der Waals surface area contributed by atoms with Crippen LogP contribution in [0, 0.1) is 0 Å². The van der Waals surface area contributed by atoms with Crippen molar-refractivity contribution in [2.45, 2.75) is 6.42 Å². The molecule has 1 aromatic carbocycles. The average molecular weight is 234 g/mol. The van der Waals surface area contributed by atoms with E-state index < -0.39 is 11.9 Å². The highest BCUT2D eigenvalue weighted by Crippen LogP contribution is 2.15. The predicted octanol–water partition coefficient (Wildman–Crippen LogP) is 1.99. The van der Waals surface area contributed by atoms with Gasteiger partial charge in [-0.3, -0.25) is 0 Å². The van der Waals surface area contributed by atoms with Gasteiger partial charge < -0.3 is 9.47 Å². The highest BCUT2D eigenvalue weighted by molar-refractivity contribution is 5.94. The van der Waals surface area contributed by atoms with Crippen molar-refractivity contribution in [1.82, 2.24) is 0 Å². The normalized spacial score (nSPS) is 9.53. The van der Waals surface area contributed by atoms with Crippen LogP contribution in [0.4, 0.5) is 0 Å². The Kier molecular flexibility index (Phi) is 4.46. The molecule has 4 nitrogen and oxygen atoms in total. The number of ether oxygens (including phenoxy) is 2. The van der Waals surface area contributed by atoms with E-state index >= 15 is 0 Å². The Morgan fingerprint density at radius 3 is 2.41 bits per heavy atom. The molecule has 0 radical (unpaired) electrons. The van der Waals surface area contributed by atoms with Gasteiger partial charge in [0.25, 0.3) is 0 Å².